The van der Waals surface area contributed by atoms with Crippen LogP contribution in [0.1, 0.15) is 12.8 Å². The summed E-state index contributed by atoms with van der Waals surface area (Å²) in [6.07, 6.45) is 0.174. The van der Waals surface area contributed by atoms with Crippen molar-refractivity contribution in [2.75, 3.05) is 23.3 Å². The fourth-order valence-electron chi connectivity index (χ4n) is 1.94. The predicted octanol–water partition coefficient (Wildman–Crippen LogP) is -0.315. The average molecular weight is 276 g/mol. The first-order chi connectivity index (χ1) is 9.58. The predicted molar refractivity (Wildman–Crippen MR) is 70.1 cm³/mol. The van der Waals surface area contributed by atoms with Gasteiger partial charge in [-0.2, -0.15) is 0 Å². The second-order valence-electron chi connectivity index (χ2n) is 4.36. The number of para-hydroxylation sites is 2. The number of carboxylic acid groups (broad SMARTS) is 1. The van der Waals surface area contributed by atoms with E-state index in [0.717, 1.165) is 0 Å². The smallest absolute Gasteiger partial charge is 0.322 e. The number of urea groups is 1. The van der Waals surface area contributed by atoms with Gasteiger partial charge in [-0.05, 0) is 25.0 Å². The van der Waals surface area contributed by atoms with Crippen molar-refractivity contribution in [3.05, 3.63) is 24.3 Å². The first-order valence-electron chi connectivity index (χ1n) is 6.22. The number of aliphatic carboxylic acids is 1. The van der Waals surface area contributed by atoms with E-state index in [1.54, 1.807) is 24.3 Å². The van der Waals surface area contributed by atoms with E-state index in [2.05, 4.69) is 10.6 Å². The summed E-state index contributed by atoms with van der Waals surface area (Å²) in [6, 6.07) is 6.55. The van der Waals surface area contributed by atoms with Crippen molar-refractivity contribution in [3.8, 4) is 0 Å². The summed E-state index contributed by atoms with van der Waals surface area (Å²) in [5.74, 6) is -1.42. The number of hydrogen-bond donors (Lipinski definition) is 2. The first-order valence-corrected chi connectivity index (χ1v) is 6.22. The Labute approximate surface area is 115 Å². The standard InChI is InChI=1S/C13H15N3O4/c17-11-8-16(10-5-2-1-4-9(10)15-11)13(20)14-7-3-6-12(18)19/h1-2,4-5H,3,6-8H2,(H,14,20)(H,15,17)(H,18,19)/p-1. The zero-order valence-corrected chi connectivity index (χ0v) is 10.7. The molecule has 1 aliphatic heterocycles. The molecule has 2 N–H and O–H groups in total. The molecule has 1 aromatic carbocycles. The van der Waals surface area contributed by atoms with Crippen LogP contribution in [0.5, 0.6) is 0 Å². The molecule has 1 aliphatic rings. The van der Waals surface area contributed by atoms with Crippen LogP contribution in [0.4, 0.5) is 16.2 Å². The first kappa shape index (κ1) is 13.9. The molecule has 0 fully saturated rings. The van der Waals surface area contributed by atoms with Crippen LogP contribution in [0.3, 0.4) is 0 Å². The molecule has 0 bridgehead atoms. The fourth-order valence-corrected chi connectivity index (χ4v) is 1.94. The van der Waals surface area contributed by atoms with Gasteiger partial charge in [0.15, 0.2) is 0 Å². The molecule has 106 valence electrons. The van der Waals surface area contributed by atoms with Gasteiger partial charge in [0, 0.05) is 12.5 Å². The highest BCUT2D eigenvalue weighted by Gasteiger charge is 2.26. The Hall–Kier alpha value is -2.57. The maximum atomic E-state index is 12.0. The number of benzene rings is 1. The molecule has 0 spiro atoms. The zero-order valence-electron chi connectivity index (χ0n) is 10.7. The van der Waals surface area contributed by atoms with Crippen LogP contribution in [0.25, 0.3) is 0 Å². The van der Waals surface area contributed by atoms with Crippen molar-refractivity contribution in [2.45, 2.75) is 12.8 Å². The topological polar surface area (TPSA) is 102 Å². The third-order valence-corrected chi connectivity index (χ3v) is 2.85. The van der Waals surface area contributed by atoms with Gasteiger partial charge in [-0.15, -0.1) is 0 Å². The molecular weight excluding hydrogens is 262 g/mol. The third kappa shape index (κ3) is 3.25. The van der Waals surface area contributed by atoms with E-state index in [1.165, 1.54) is 4.90 Å². The quantitative estimate of drug-likeness (QED) is 0.736. The van der Waals surface area contributed by atoms with Gasteiger partial charge >= 0.3 is 6.03 Å². The van der Waals surface area contributed by atoms with E-state index in [9.17, 15) is 19.5 Å². The van der Waals surface area contributed by atoms with Gasteiger partial charge < -0.3 is 20.5 Å². The molecular formula is C13H14N3O4-. The van der Waals surface area contributed by atoms with Crippen molar-refractivity contribution < 1.29 is 19.5 Å². The minimum atomic E-state index is -1.15. The summed E-state index contributed by atoms with van der Waals surface area (Å²) in [4.78, 5) is 35.2. The van der Waals surface area contributed by atoms with E-state index in [0.29, 0.717) is 11.4 Å². The second-order valence-corrected chi connectivity index (χ2v) is 4.36. The molecule has 0 radical (unpaired) electrons. The largest absolute Gasteiger partial charge is 0.550 e. The molecule has 0 saturated carbocycles. The van der Waals surface area contributed by atoms with E-state index in [4.69, 9.17) is 0 Å². The number of carbonyl (C=O) groups excluding carboxylic acids is 3. The molecule has 0 atom stereocenters. The van der Waals surface area contributed by atoms with E-state index >= 15 is 0 Å². The summed E-state index contributed by atoms with van der Waals surface area (Å²) in [5, 5.41) is 15.5. The minimum Gasteiger partial charge on any atom is -0.550 e. The Morgan fingerprint density at radius 3 is 2.85 bits per heavy atom. The lowest BCUT2D eigenvalue weighted by Gasteiger charge is -2.29. The van der Waals surface area contributed by atoms with Gasteiger partial charge in [-0.3, -0.25) is 9.69 Å². The monoisotopic (exact) mass is 276 g/mol. The Kier molecular flexibility index (Phi) is 4.19. The SMILES string of the molecule is O=C([O-])CCCNC(=O)N1CC(=O)Nc2ccccc21. The highest BCUT2D eigenvalue weighted by molar-refractivity contribution is 6.09. The Bertz CT molecular complexity index is 544. The van der Waals surface area contributed by atoms with E-state index in [-0.39, 0.29) is 31.8 Å². The van der Waals surface area contributed by atoms with Crippen molar-refractivity contribution in [1.29, 1.82) is 0 Å². The number of hydrogen-bond acceptors (Lipinski definition) is 4. The van der Waals surface area contributed by atoms with Gasteiger partial charge in [0.25, 0.3) is 0 Å². The van der Waals surface area contributed by atoms with Gasteiger partial charge in [0.1, 0.15) is 6.54 Å². The van der Waals surface area contributed by atoms with Crippen LogP contribution in [0, 0.1) is 0 Å². The number of carboxylic acids is 1. The van der Waals surface area contributed by atoms with Gasteiger partial charge in [-0.1, -0.05) is 12.1 Å². The number of nitrogens with one attached hydrogen (secondary N) is 2. The van der Waals surface area contributed by atoms with Crippen molar-refractivity contribution in [3.63, 3.8) is 0 Å². The molecule has 0 unspecified atom stereocenters. The van der Waals surface area contributed by atoms with Crippen molar-refractivity contribution >= 4 is 29.3 Å². The molecule has 2 rings (SSSR count). The van der Waals surface area contributed by atoms with E-state index < -0.39 is 12.0 Å². The summed E-state index contributed by atoms with van der Waals surface area (Å²) < 4.78 is 0. The molecule has 7 nitrogen and oxygen atoms in total. The average Bonchev–Trinajstić information content (AvgIpc) is 2.42. The number of amides is 3. The summed E-state index contributed by atoms with van der Waals surface area (Å²) in [6.45, 7) is 0.149. The normalized spacial score (nSPS) is 13.4. The summed E-state index contributed by atoms with van der Waals surface area (Å²) in [5.41, 5.74) is 1.19. The highest BCUT2D eigenvalue weighted by Crippen LogP contribution is 2.28. The molecule has 7 heteroatoms. The lowest BCUT2D eigenvalue weighted by Crippen LogP contribution is -2.47. The molecule has 0 aliphatic carbocycles. The lowest BCUT2D eigenvalue weighted by atomic mass is 10.2. The van der Waals surface area contributed by atoms with Crippen LogP contribution in [0.2, 0.25) is 0 Å². The molecule has 3 amide bonds. The number of carbonyl (C=O) groups is 3. The van der Waals surface area contributed by atoms with Gasteiger partial charge in [0.05, 0.1) is 11.4 Å². The number of rotatable bonds is 4. The second kappa shape index (κ2) is 6.05. The molecule has 1 aromatic rings. The van der Waals surface area contributed by atoms with Crippen molar-refractivity contribution in [2.24, 2.45) is 0 Å². The maximum absolute atomic E-state index is 12.0. The van der Waals surface area contributed by atoms with Crippen LogP contribution >= 0.6 is 0 Å². The number of fused-ring (bicyclic) bond motifs is 1. The Morgan fingerprint density at radius 2 is 2.10 bits per heavy atom. The molecule has 0 saturated heterocycles. The Morgan fingerprint density at radius 1 is 1.35 bits per heavy atom. The molecule has 1 heterocycles. The zero-order chi connectivity index (χ0) is 14.5. The van der Waals surface area contributed by atoms with Gasteiger partial charge in [-0.25, -0.2) is 4.79 Å². The fraction of sp³-hybridized carbons (Fsp3) is 0.308. The Balaban J connectivity index is 1.99. The summed E-state index contributed by atoms with van der Waals surface area (Å²) >= 11 is 0. The van der Waals surface area contributed by atoms with Crippen LogP contribution in [-0.4, -0.2) is 31.0 Å². The van der Waals surface area contributed by atoms with Crippen molar-refractivity contribution in [1.82, 2.24) is 5.32 Å². The highest BCUT2D eigenvalue weighted by atomic mass is 16.4. The minimum absolute atomic E-state index is 0.0661. The number of anilines is 2. The van der Waals surface area contributed by atoms with Gasteiger partial charge in [0.2, 0.25) is 5.91 Å². The van der Waals surface area contributed by atoms with Crippen LogP contribution in [0.15, 0.2) is 24.3 Å². The number of nitrogens with zero attached hydrogens (tertiary/aromatic N) is 1. The molecule has 20 heavy (non-hydrogen) atoms. The van der Waals surface area contributed by atoms with E-state index in [1.807, 2.05) is 0 Å². The maximum Gasteiger partial charge on any atom is 0.322 e. The third-order valence-electron chi connectivity index (χ3n) is 2.85. The molecule has 0 aromatic heterocycles. The lowest BCUT2D eigenvalue weighted by molar-refractivity contribution is -0.305. The van der Waals surface area contributed by atoms with Crippen LogP contribution in [-0.2, 0) is 9.59 Å². The summed E-state index contributed by atoms with van der Waals surface area (Å²) in [7, 11) is 0. The van der Waals surface area contributed by atoms with Crippen LogP contribution < -0.4 is 20.6 Å².